The first-order valence-corrected chi connectivity index (χ1v) is 9.27. The van der Waals surface area contributed by atoms with Gasteiger partial charge in [-0.05, 0) is 49.2 Å². The molecule has 1 unspecified atom stereocenters. The summed E-state index contributed by atoms with van der Waals surface area (Å²) < 4.78 is 5.95. The van der Waals surface area contributed by atoms with Crippen molar-refractivity contribution in [3.8, 4) is 11.5 Å². The van der Waals surface area contributed by atoms with Gasteiger partial charge in [0.25, 0.3) is 0 Å². The SMILES string of the molecule is Cc1ccc(SC(Cc2ccccc2Oc2ccccc2)C(=O)O)cc1. The lowest BCUT2D eigenvalue weighted by Gasteiger charge is -2.15. The van der Waals surface area contributed by atoms with Gasteiger partial charge in [-0.25, -0.2) is 0 Å². The molecule has 3 rings (SSSR count). The lowest BCUT2D eigenvalue weighted by atomic mass is 10.1. The molecule has 132 valence electrons. The molecule has 0 spiro atoms. The Balaban J connectivity index is 1.79. The van der Waals surface area contributed by atoms with Gasteiger partial charge in [-0.3, -0.25) is 4.79 Å². The van der Waals surface area contributed by atoms with Crippen LogP contribution in [0.15, 0.2) is 83.8 Å². The van der Waals surface area contributed by atoms with E-state index in [0.717, 1.165) is 21.8 Å². The van der Waals surface area contributed by atoms with Gasteiger partial charge in [-0.1, -0.05) is 54.1 Å². The quantitative estimate of drug-likeness (QED) is 0.556. The highest BCUT2D eigenvalue weighted by Crippen LogP contribution is 2.31. The molecule has 1 N–H and O–H groups in total. The minimum Gasteiger partial charge on any atom is -0.480 e. The molecule has 0 aliphatic rings. The number of carboxylic acid groups (broad SMARTS) is 1. The van der Waals surface area contributed by atoms with E-state index in [1.165, 1.54) is 11.8 Å². The fraction of sp³-hybridized carbons (Fsp3) is 0.136. The molecule has 1 atom stereocenters. The molecule has 0 aliphatic carbocycles. The van der Waals surface area contributed by atoms with Crippen LogP contribution in [-0.4, -0.2) is 16.3 Å². The van der Waals surface area contributed by atoms with Crippen LogP contribution in [0, 0.1) is 6.92 Å². The monoisotopic (exact) mass is 364 g/mol. The molecule has 0 heterocycles. The van der Waals surface area contributed by atoms with Crippen molar-refractivity contribution in [1.29, 1.82) is 0 Å². The van der Waals surface area contributed by atoms with Gasteiger partial charge in [0.2, 0.25) is 0 Å². The third-order valence-corrected chi connectivity index (χ3v) is 5.12. The molecule has 0 aliphatic heterocycles. The lowest BCUT2D eigenvalue weighted by Crippen LogP contribution is -2.19. The number of carbonyl (C=O) groups is 1. The van der Waals surface area contributed by atoms with Crippen LogP contribution in [0.3, 0.4) is 0 Å². The Kier molecular flexibility index (Phi) is 5.97. The molecule has 3 aromatic carbocycles. The Bertz CT molecular complexity index is 860. The number of aryl methyl sites for hydroxylation is 1. The first-order valence-electron chi connectivity index (χ1n) is 8.39. The number of hydrogen-bond donors (Lipinski definition) is 1. The van der Waals surface area contributed by atoms with Crippen molar-refractivity contribution in [2.24, 2.45) is 0 Å². The van der Waals surface area contributed by atoms with E-state index in [1.807, 2.05) is 85.8 Å². The lowest BCUT2D eigenvalue weighted by molar-refractivity contribution is -0.136. The van der Waals surface area contributed by atoms with Crippen LogP contribution in [0.5, 0.6) is 11.5 Å². The van der Waals surface area contributed by atoms with Crippen molar-refractivity contribution in [2.45, 2.75) is 23.5 Å². The van der Waals surface area contributed by atoms with Crippen molar-refractivity contribution in [3.63, 3.8) is 0 Å². The Labute approximate surface area is 157 Å². The van der Waals surface area contributed by atoms with Crippen molar-refractivity contribution in [2.75, 3.05) is 0 Å². The van der Waals surface area contributed by atoms with Gasteiger partial charge < -0.3 is 9.84 Å². The summed E-state index contributed by atoms with van der Waals surface area (Å²) in [5.41, 5.74) is 2.03. The summed E-state index contributed by atoms with van der Waals surface area (Å²) in [5.74, 6) is 0.595. The molecule has 0 saturated heterocycles. The van der Waals surface area contributed by atoms with E-state index in [-0.39, 0.29) is 0 Å². The predicted octanol–water partition coefficient (Wildman–Crippen LogP) is 5.58. The number of hydrogen-bond acceptors (Lipinski definition) is 3. The van der Waals surface area contributed by atoms with Crippen LogP contribution in [0.4, 0.5) is 0 Å². The van der Waals surface area contributed by atoms with Gasteiger partial charge in [0.15, 0.2) is 0 Å². The van der Waals surface area contributed by atoms with E-state index in [1.54, 1.807) is 0 Å². The molecule has 0 radical (unpaired) electrons. The minimum absolute atomic E-state index is 0.386. The molecule has 3 aromatic rings. The molecule has 0 saturated carbocycles. The molecule has 0 fully saturated rings. The number of aliphatic carboxylic acids is 1. The fourth-order valence-corrected chi connectivity index (χ4v) is 3.53. The number of para-hydroxylation sites is 2. The van der Waals surface area contributed by atoms with Crippen molar-refractivity contribution < 1.29 is 14.6 Å². The van der Waals surface area contributed by atoms with Gasteiger partial charge in [0.05, 0.1) is 0 Å². The molecule has 4 heteroatoms. The third-order valence-electron chi connectivity index (χ3n) is 3.92. The van der Waals surface area contributed by atoms with Crippen LogP contribution in [-0.2, 0) is 11.2 Å². The maximum absolute atomic E-state index is 11.8. The molecule has 3 nitrogen and oxygen atoms in total. The summed E-state index contributed by atoms with van der Waals surface area (Å²) in [6.07, 6.45) is 0.386. The average molecular weight is 364 g/mol. The largest absolute Gasteiger partial charge is 0.480 e. The van der Waals surface area contributed by atoms with E-state index in [2.05, 4.69) is 0 Å². The molecule has 0 bridgehead atoms. The molecular formula is C22H20O3S. The van der Waals surface area contributed by atoms with Crippen molar-refractivity contribution in [3.05, 3.63) is 90.0 Å². The number of thioether (sulfide) groups is 1. The van der Waals surface area contributed by atoms with Crippen molar-refractivity contribution >= 4 is 17.7 Å². The fourth-order valence-electron chi connectivity index (χ4n) is 2.55. The standard InChI is InChI=1S/C22H20O3S/c1-16-11-13-19(14-12-16)26-21(22(23)24)15-17-7-5-6-10-20(17)25-18-8-3-2-4-9-18/h2-14,21H,15H2,1H3,(H,23,24). The summed E-state index contributed by atoms with van der Waals surface area (Å²) in [4.78, 5) is 12.7. The molecule has 26 heavy (non-hydrogen) atoms. The first kappa shape index (κ1) is 18.1. The Hall–Kier alpha value is -2.72. The van der Waals surface area contributed by atoms with E-state index in [0.29, 0.717) is 12.2 Å². The highest BCUT2D eigenvalue weighted by molar-refractivity contribution is 8.00. The minimum atomic E-state index is -0.829. The van der Waals surface area contributed by atoms with Crippen LogP contribution >= 0.6 is 11.8 Å². The number of ether oxygens (including phenoxy) is 1. The van der Waals surface area contributed by atoms with Gasteiger partial charge in [-0.15, -0.1) is 11.8 Å². The summed E-state index contributed by atoms with van der Waals surface area (Å²) in [6, 6.07) is 25.0. The topological polar surface area (TPSA) is 46.5 Å². The van der Waals surface area contributed by atoms with Crippen molar-refractivity contribution in [1.82, 2.24) is 0 Å². The summed E-state index contributed by atoms with van der Waals surface area (Å²) in [7, 11) is 0. The zero-order valence-corrected chi connectivity index (χ0v) is 15.3. The number of rotatable bonds is 7. The summed E-state index contributed by atoms with van der Waals surface area (Å²) >= 11 is 1.36. The van der Waals surface area contributed by atoms with Gasteiger partial charge in [0.1, 0.15) is 16.7 Å². The van der Waals surface area contributed by atoms with Gasteiger partial charge in [0, 0.05) is 4.90 Å². The van der Waals surface area contributed by atoms with Crippen LogP contribution in [0.1, 0.15) is 11.1 Å². The summed E-state index contributed by atoms with van der Waals surface area (Å²) in [6.45, 7) is 2.01. The van der Waals surface area contributed by atoms with E-state index in [4.69, 9.17) is 4.74 Å². The highest BCUT2D eigenvalue weighted by Gasteiger charge is 2.21. The van der Waals surface area contributed by atoms with Crippen LogP contribution in [0.25, 0.3) is 0 Å². The van der Waals surface area contributed by atoms with Crippen LogP contribution in [0.2, 0.25) is 0 Å². The molecular weight excluding hydrogens is 344 g/mol. The van der Waals surface area contributed by atoms with E-state index in [9.17, 15) is 9.90 Å². The smallest absolute Gasteiger partial charge is 0.317 e. The zero-order valence-electron chi connectivity index (χ0n) is 14.5. The second-order valence-electron chi connectivity index (χ2n) is 5.98. The number of benzene rings is 3. The Morgan fingerprint density at radius 3 is 2.31 bits per heavy atom. The Morgan fingerprint density at radius 1 is 0.962 bits per heavy atom. The van der Waals surface area contributed by atoms with E-state index < -0.39 is 11.2 Å². The van der Waals surface area contributed by atoms with Crippen LogP contribution < -0.4 is 4.74 Å². The molecule has 0 amide bonds. The second-order valence-corrected chi connectivity index (χ2v) is 7.26. The first-order chi connectivity index (χ1) is 12.6. The number of carboxylic acids is 1. The normalized spacial score (nSPS) is 11.7. The average Bonchev–Trinajstić information content (AvgIpc) is 2.65. The van der Waals surface area contributed by atoms with E-state index >= 15 is 0 Å². The third kappa shape index (κ3) is 4.90. The van der Waals surface area contributed by atoms with Gasteiger partial charge in [-0.2, -0.15) is 0 Å². The molecule has 0 aromatic heterocycles. The zero-order chi connectivity index (χ0) is 18.4. The maximum atomic E-state index is 11.8. The highest BCUT2D eigenvalue weighted by atomic mass is 32.2. The summed E-state index contributed by atoms with van der Waals surface area (Å²) in [5, 5.41) is 9.08. The second kappa shape index (κ2) is 8.59. The Morgan fingerprint density at radius 2 is 1.62 bits per heavy atom. The predicted molar refractivity (Wildman–Crippen MR) is 105 cm³/mol. The van der Waals surface area contributed by atoms with Gasteiger partial charge >= 0.3 is 5.97 Å². The maximum Gasteiger partial charge on any atom is 0.317 e.